The first kappa shape index (κ1) is 17.2. The maximum atomic E-state index is 12.0. The van der Waals surface area contributed by atoms with Crippen molar-refractivity contribution in [3.8, 4) is 0 Å². The average molecular weight is 311 g/mol. The Hall–Kier alpha value is -2.13. The van der Waals surface area contributed by atoms with Gasteiger partial charge in [0.2, 0.25) is 5.91 Å². The molecular formula is C20H25NO2. The van der Waals surface area contributed by atoms with Gasteiger partial charge in [-0.25, -0.2) is 0 Å². The van der Waals surface area contributed by atoms with E-state index in [2.05, 4.69) is 24.3 Å². The van der Waals surface area contributed by atoms with E-state index in [0.717, 1.165) is 31.4 Å². The molecule has 2 aromatic carbocycles. The topological polar surface area (TPSA) is 29.5 Å². The maximum absolute atomic E-state index is 12.0. The molecule has 0 bridgehead atoms. The van der Waals surface area contributed by atoms with Crippen LogP contribution in [0.15, 0.2) is 60.7 Å². The lowest BCUT2D eigenvalue weighted by Crippen LogP contribution is -2.31. The Kier molecular flexibility index (Phi) is 7.34. The first-order chi connectivity index (χ1) is 11.3. The molecule has 2 rings (SSSR count). The number of likely N-dealkylation sites (N-methyl/N-ethyl adjacent to an activating group) is 1. The van der Waals surface area contributed by atoms with Gasteiger partial charge in [0.1, 0.15) is 6.61 Å². The summed E-state index contributed by atoms with van der Waals surface area (Å²) >= 11 is 0. The van der Waals surface area contributed by atoms with E-state index in [-0.39, 0.29) is 12.5 Å². The van der Waals surface area contributed by atoms with E-state index in [9.17, 15) is 4.79 Å². The van der Waals surface area contributed by atoms with Gasteiger partial charge in [0, 0.05) is 13.6 Å². The molecule has 0 fully saturated rings. The maximum Gasteiger partial charge on any atom is 0.248 e. The highest BCUT2D eigenvalue weighted by Gasteiger charge is 2.08. The van der Waals surface area contributed by atoms with Crippen LogP contribution in [0.2, 0.25) is 0 Å². The van der Waals surface area contributed by atoms with E-state index in [4.69, 9.17) is 4.74 Å². The fourth-order valence-corrected chi connectivity index (χ4v) is 2.39. The first-order valence-corrected chi connectivity index (χ1v) is 8.15. The Labute approximate surface area is 138 Å². The molecule has 0 atom stereocenters. The lowest BCUT2D eigenvalue weighted by atomic mass is 10.1. The molecule has 0 radical (unpaired) electrons. The van der Waals surface area contributed by atoms with Gasteiger partial charge in [-0.15, -0.1) is 0 Å². The van der Waals surface area contributed by atoms with Crippen LogP contribution >= 0.6 is 0 Å². The van der Waals surface area contributed by atoms with E-state index in [1.165, 1.54) is 5.56 Å². The molecule has 0 N–H and O–H groups in total. The van der Waals surface area contributed by atoms with Crippen LogP contribution in [0.1, 0.15) is 24.0 Å². The van der Waals surface area contributed by atoms with E-state index in [0.29, 0.717) is 6.61 Å². The molecule has 0 saturated heterocycles. The average Bonchev–Trinajstić information content (AvgIpc) is 2.60. The molecular weight excluding hydrogens is 286 g/mol. The van der Waals surface area contributed by atoms with Crippen LogP contribution in [-0.4, -0.2) is 31.0 Å². The number of nitrogens with zero attached hydrogens (tertiary/aromatic N) is 1. The largest absolute Gasteiger partial charge is 0.367 e. The Morgan fingerprint density at radius 3 is 2.17 bits per heavy atom. The SMILES string of the molecule is CN(CCCCc1ccccc1)C(=O)COCc1ccccc1. The van der Waals surface area contributed by atoms with Crippen molar-refractivity contribution in [2.24, 2.45) is 0 Å². The molecule has 23 heavy (non-hydrogen) atoms. The van der Waals surface area contributed by atoms with Gasteiger partial charge in [-0.3, -0.25) is 4.79 Å². The molecule has 3 heteroatoms. The summed E-state index contributed by atoms with van der Waals surface area (Å²) in [6.45, 7) is 1.40. The molecule has 122 valence electrons. The van der Waals surface area contributed by atoms with Crippen molar-refractivity contribution in [1.82, 2.24) is 4.90 Å². The Morgan fingerprint density at radius 2 is 1.52 bits per heavy atom. The van der Waals surface area contributed by atoms with Gasteiger partial charge in [0.15, 0.2) is 0 Å². The number of amides is 1. The number of ether oxygens (including phenoxy) is 1. The third-order valence-electron chi connectivity index (χ3n) is 3.81. The van der Waals surface area contributed by atoms with Crippen LogP contribution in [0.4, 0.5) is 0 Å². The van der Waals surface area contributed by atoms with Crippen LogP contribution < -0.4 is 0 Å². The minimum Gasteiger partial charge on any atom is -0.367 e. The van der Waals surface area contributed by atoms with Crippen molar-refractivity contribution >= 4 is 5.91 Å². The number of carbonyl (C=O) groups excluding carboxylic acids is 1. The summed E-state index contributed by atoms with van der Waals surface area (Å²) in [6.07, 6.45) is 3.16. The second kappa shape index (κ2) is 9.80. The van der Waals surface area contributed by atoms with Crippen LogP contribution in [-0.2, 0) is 22.6 Å². The minimum absolute atomic E-state index is 0.0423. The quantitative estimate of drug-likeness (QED) is 0.661. The van der Waals surface area contributed by atoms with Gasteiger partial charge in [0.25, 0.3) is 0 Å². The van der Waals surface area contributed by atoms with E-state index >= 15 is 0 Å². The summed E-state index contributed by atoms with van der Waals surface area (Å²) in [5.41, 5.74) is 2.44. The zero-order chi connectivity index (χ0) is 16.3. The molecule has 0 aliphatic heterocycles. The number of carbonyl (C=O) groups is 1. The van der Waals surface area contributed by atoms with Gasteiger partial charge >= 0.3 is 0 Å². The summed E-state index contributed by atoms with van der Waals surface area (Å²) in [5.74, 6) is 0.0423. The number of hydrogen-bond donors (Lipinski definition) is 0. The number of hydrogen-bond acceptors (Lipinski definition) is 2. The summed E-state index contributed by atoms with van der Waals surface area (Å²) in [6, 6.07) is 20.4. The molecule has 3 nitrogen and oxygen atoms in total. The fraction of sp³-hybridized carbons (Fsp3) is 0.350. The molecule has 0 unspecified atom stereocenters. The zero-order valence-corrected chi connectivity index (χ0v) is 13.8. The third kappa shape index (κ3) is 6.66. The van der Waals surface area contributed by atoms with Crippen molar-refractivity contribution in [2.75, 3.05) is 20.2 Å². The Balaban J connectivity index is 1.57. The van der Waals surface area contributed by atoms with Crippen molar-refractivity contribution in [3.05, 3.63) is 71.8 Å². The molecule has 1 amide bonds. The van der Waals surface area contributed by atoms with Crippen molar-refractivity contribution in [1.29, 1.82) is 0 Å². The highest BCUT2D eigenvalue weighted by Crippen LogP contribution is 2.05. The minimum atomic E-state index is 0.0423. The predicted molar refractivity (Wildman–Crippen MR) is 93.1 cm³/mol. The molecule has 0 aliphatic rings. The smallest absolute Gasteiger partial charge is 0.248 e. The standard InChI is InChI=1S/C20H25NO2/c1-21(15-9-8-12-18-10-4-2-5-11-18)20(22)17-23-16-19-13-6-3-7-14-19/h2-7,10-11,13-14H,8-9,12,15-17H2,1H3. The highest BCUT2D eigenvalue weighted by molar-refractivity contribution is 5.77. The molecule has 2 aromatic rings. The third-order valence-corrected chi connectivity index (χ3v) is 3.81. The summed E-state index contributed by atoms with van der Waals surface area (Å²) in [7, 11) is 1.84. The van der Waals surface area contributed by atoms with Gasteiger partial charge in [0.05, 0.1) is 6.61 Å². The van der Waals surface area contributed by atoms with Gasteiger partial charge in [-0.1, -0.05) is 60.7 Å². The fourth-order valence-electron chi connectivity index (χ4n) is 2.39. The van der Waals surface area contributed by atoms with Gasteiger partial charge < -0.3 is 9.64 Å². The summed E-state index contributed by atoms with van der Waals surface area (Å²) < 4.78 is 5.49. The lowest BCUT2D eigenvalue weighted by molar-refractivity contribution is -0.135. The summed E-state index contributed by atoms with van der Waals surface area (Å²) in [5, 5.41) is 0. The zero-order valence-electron chi connectivity index (χ0n) is 13.8. The molecule has 0 saturated carbocycles. The number of rotatable bonds is 9. The second-order valence-corrected chi connectivity index (χ2v) is 5.74. The molecule has 0 aliphatic carbocycles. The monoisotopic (exact) mass is 311 g/mol. The number of unbranched alkanes of at least 4 members (excludes halogenated alkanes) is 1. The van der Waals surface area contributed by atoms with E-state index in [1.54, 1.807) is 4.90 Å². The predicted octanol–water partition coefficient (Wildman–Crippen LogP) is 3.68. The van der Waals surface area contributed by atoms with Crippen molar-refractivity contribution < 1.29 is 9.53 Å². The number of benzene rings is 2. The molecule has 0 aromatic heterocycles. The van der Waals surface area contributed by atoms with Gasteiger partial charge in [-0.2, -0.15) is 0 Å². The summed E-state index contributed by atoms with van der Waals surface area (Å²) in [4.78, 5) is 13.8. The second-order valence-electron chi connectivity index (χ2n) is 5.74. The van der Waals surface area contributed by atoms with Crippen LogP contribution in [0, 0.1) is 0 Å². The van der Waals surface area contributed by atoms with Crippen LogP contribution in [0.25, 0.3) is 0 Å². The van der Waals surface area contributed by atoms with E-state index in [1.807, 2.05) is 43.4 Å². The van der Waals surface area contributed by atoms with Crippen LogP contribution in [0.5, 0.6) is 0 Å². The Bertz CT molecular complexity index is 569. The lowest BCUT2D eigenvalue weighted by Gasteiger charge is -2.17. The highest BCUT2D eigenvalue weighted by atomic mass is 16.5. The molecule has 0 heterocycles. The molecule has 0 spiro atoms. The first-order valence-electron chi connectivity index (χ1n) is 8.15. The van der Waals surface area contributed by atoms with Crippen LogP contribution in [0.3, 0.4) is 0 Å². The van der Waals surface area contributed by atoms with E-state index < -0.39 is 0 Å². The number of aryl methyl sites for hydroxylation is 1. The van der Waals surface area contributed by atoms with Crippen molar-refractivity contribution in [2.45, 2.75) is 25.9 Å². The Morgan fingerprint density at radius 1 is 0.913 bits per heavy atom. The van der Waals surface area contributed by atoms with Gasteiger partial charge in [-0.05, 0) is 30.4 Å². The normalized spacial score (nSPS) is 10.5. The van der Waals surface area contributed by atoms with Crippen molar-refractivity contribution in [3.63, 3.8) is 0 Å².